The molecule has 0 saturated carbocycles. The molecule has 138 valence electrons. The lowest BCUT2D eigenvalue weighted by molar-refractivity contribution is 0.196. The SMILES string of the molecule is CNc1nc(Nc2ccc(S(=O)(=O)NCCCOC)cc2)ncc1C#N. The maximum atomic E-state index is 12.2. The van der Waals surface area contributed by atoms with E-state index in [0.717, 1.165) is 0 Å². The number of anilines is 3. The molecule has 9 nitrogen and oxygen atoms in total. The molecule has 1 heterocycles. The number of sulfonamides is 1. The maximum Gasteiger partial charge on any atom is 0.240 e. The lowest BCUT2D eigenvalue weighted by atomic mass is 10.3. The van der Waals surface area contributed by atoms with Gasteiger partial charge in [-0.15, -0.1) is 0 Å². The second kappa shape index (κ2) is 9.10. The third-order valence-electron chi connectivity index (χ3n) is 3.38. The van der Waals surface area contributed by atoms with Crippen molar-refractivity contribution in [1.29, 1.82) is 5.26 Å². The van der Waals surface area contributed by atoms with Gasteiger partial charge in [0.2, 0.25) is 16.0 Å². The second-order valence-corrected chi connectivity index (χ2v) is 6.98. The molecule has 0 spiro atoms. The quantitative estimate of drug-likeness (QED) is 0.561. The monoisotopic (exact) mass is 376 g/mol. The summed E-state index contributed by atoms with van der Waals surface area (Å²) in [7, 11) is -0.335. The lowest BCUT2D eigenvalue weighted by Gasteiger charge is -2.09. The Hall–Kier alpha value is -2.74. The average Bonchev–Trinajstić information content (AvgIpc) is 2.65. The predicted molar refractivity (Wildman–Crippen MR) is 97.7 cm³/mol. The minimum Gasteiger partial charge on any atom is -0.385 e. The molecule has 0 aliphatic heterocycles. The van der Waals surface area contributed by atoms with Crippen molar-refractivity contribution in [3.8, 4) is 6.07 Å². The number of rotatable bonds is 9. The molecule has 26 heavy (non-hydrogen) atoms. The topological polar surface area (TPSA) is 129 Å². The van der Waals surface area contributed by atoms with E-state index in [0.29, 0.717) is 42.6 Å². The molecule has 2 rings (SSSR count). The molecule has 0 atom stereocenters. The van der Waals surface area contributed by atoms with Crippen molar-refractivity contribution < 1.29 is 13.2 Å². The normalized spacial score (nSPS) is 11.0. The highest BCUT2D eigenvalue weighted by molar-refractivity contribution is 7.89. The van der Waals surface area contributed by atoms with Crippen LogP contribution in [0.25, 0.3) is 0 Å². The van der Waals surface area contributed by atoms with Crippen LogP contribution in [-0.4, -0.2) is 45.7 Å². The molecule has 0 aliphatic carbocycles. The van der Waals surface area contributed by atoms with Crippen LogP contribution < -0.4 is 15.4 Å². The molecule has 2 aromatic rings. The van der Waals surface area contributed by atoms with E-state index < -0.39 is 10.0 Å². The molecule has 0 saturated heterocycles. The molecular weight excluding hydrogens is 356 g/mol. The first-order chi connectivity index (χ1) is 12.5. The van der Waals surface area contributed by atoms with Gasteiger partial charge in [0.15, 0.2) is 0 Å². The predicted octanol–water partition coefficient (Wildman–Crippen LogP) is 1.45. The van der Waals surface area contributed by atoms with Gasteiger partial charge in [-0.05, 0) is 30.7 Å². The first kappa shape index (κ1) is 19.6. The number of nitrogens with zero attached hydrogens (tertiary/aromatic N) is 3. The molecule has 10 heteroatoms. The number of nitriles is 1. The summed E-state index contributed by atoms with van der Waals surface area (Å²) >= 11 is 0. The van der Waals surface area contributed by atoms with E-state index in [4.69, 9.17) is 10.00 Å². The van der Waals surface area contributed by atoms with E-state index in [1.807, 2.05) is 6.07 Å². The molecule has 1 aromatic carbocycles. The lowest BCUT2D eigenvalue weighted by Crippen LogP contribution is -2.25. The van der Waals surface area contributed by atoms with Gasteiger partial charge in [-0.3, -0.25) is 0 Å². The summed E-state index contributed by atoms with van der Waals surface area (Å²) in [5, 5.41) is 14.8. The fourth-order valence-electron chi connectivity index (χ4n) is 2.07. The molecule has 3 N–H and O–H groups in total. The number of hydrogen-bond acceptors (Lipinski definition) is 8. The van der Waals surface area contributed by atoms with E-state index in [2.05, 4.69) is 25.3 Å². The summed E-state index contributed by atoms with van der Waals surface area (Å²) in [6.45, 7) is 0.798. The minimum atomic E-state index is -3.56. The Labute approximate surface area is 152 Å². The van der Waals surface area contributed by atoms with Crippen LogP contribution in [0.15, 0.2) is 35.4 Å². The van der Waals surface area contributed by atoms with Crippen molar-refractivity contribution in [3.63, 3.8) is 0 Å². The van der Waals surface area contributed by atoms with Crippen molar-refractivity contribution >= 4 is 27.5 Å². The minimum absolute atomic E-state index is 0.164. The van der Waals surface area contributed by atoms with Gasteiger partial charge in [0.1, 0.15) is 17.5 Å². The van der Waals surface area contributed by atoms with Gasteiger partial charge in [0.05, 0.1) is 11.1 Å². The molecule has 1 aromatic heterocycles. The van der Waals surface area contributed by atoms with Crippen LogP contribution in [0, 0.1) is 11.3 Å². The smallest absolute Gasteiger partial charge is 0.240 e. The highest BCUT2D eigenvalue weighted by atomic mass is 32.2. The van der Waals surface area contributed by atoms with Crippen LogP contribution in [0.1, 0.15) is 12.0 Å². The van der Waals surface area contributed by atoms with Crippen LogP contribution in [0.4, 0.5) is 17.5 Å². The zero-order chi connectivity index (χ0) is 19.0. The Balaban J connectivity index is 2.07. The van der Waals surface area contributed by atoms with Crippen LogP contribution in [0.2, 0.25) is 0 Å². The average molecular weight is 376 g/mol. The molecule has 0 aliphatic rings. The summed E-state index contributed by atoms with van der Waals surface area (Å²) in [5.41, 5.74) is 0.953. The van der Waals surface area contributed by atoms with Crippen LogP contribution in [0.5, 0.6) is 0 Å². The molecular formula is C16H20N6O3S. The number of ether oxygens (including phenoxy) is 1. The fraction of sp³-hybridized carbons (Fsp3) is 0.312. The first-order valence-corrected chi connectivity index (χ1v) is 9.29. The van der Waals surface area contributed by atoms with Crippen molar-refractivity contribution in [3.05, 3.63) is 36.0 Å². The molecule has 0 unspecified atom stereocenters. The standard InChI is InChI=1S/C16H20N6O3S/c1-18-15-12(10-17)11-19-16(22-15)21-13-4-6-14(7-5-13)26(23,24)20-8-3-9-25-2/h4-7,11,20H,3,8-9H2,1-2H3,(H2,18,19,21,22). The van der Waals surface area contributed by atoms with E-state index in [9.17, 15) is 8.42 Å². The Morgan fingerprint density at radius 2 is 2.00 bits per heavy atom. The van der Waals surface area contributed by atoms with Gasteiger partial charge in [0.25, 0.3) is 0 Å². The van der Waals surface area contributed by atoms with E-state index in [-0.39, 0.29) is 4.90 Å². The summed E-state index contributed by atoms with van der Waals surface area (Å²) in [6.07, 6.45) is 2.00. The van der Waals surface area contributed by atoms with Gasteiger partial charge in [-0.1, -0.05) is 0 Å². The molecule has 0 amide bonds. The Morgan fingerprint density at radius 1 is 1.27 bits per heavy atom. The zero-order valence-corrected chi connectivity index (χ0v) is 15.3. The fourth-order valence-corrected chi connectivity index (χ4v) is 3.14. The van der Waals surface area contributed by atoms with Crippen LogP contribution >= 0.6 is 0 Å². The van der Waals surface area contributed by atoms with Gasteiger partial charge in [-0.2, -0.15) is 10.2 Å². The van der Waals surface area contributed by atoms with Crippen molar-refractivity contribution in [2.75, 3.05) is 37.9 Å². The van der Waals surface area contributed by atoms with Gasteiger partial charge in [0, 0.05) is 33.0 Å². The molecule has 0 fully saturated rings. The summed E-state index contributed by atoms with van der Waals surface area (Å²) in [6, 6.07) is 8.20. The Bertz CT molecular complexity index is 878. The summed E-state index contributed by atoms with van der Waals surface area (Å²) in [4.78, 5) is 8.41. The largest absolute Gasteiger partial charge is 0.385 e. The first-order valence-electron chi connectivity index (χ1n) is 7.80. The summed E-state index contributed by atoms with van der Waals surface area (Å²) in [5.74, 6) is 0.700. The van der Waals surface area contributed by atoms with Gasteiger partial charge in [-0.25, -0.2) is 18.1 Å². The molecule has 0 bridgehead atoms. The van der Waals surface area contributed by atoms with E-state index in [1.54, 1.807) is 26.3 Å². The second-order valence-electron chi connectivity index (χ2n) is 5.21. The number of methoxy groups -OCH3 is 1. The van der Waals surface area contributed by atoms with Crippen LogP contribution in [0.3, 0.4) is 0 Å². The number of aromatic nitrogens is 2. The number of benzene rings is 1. The number of nitrogens with one attached hydrogen (secondary N) is 3. The van der Waals surface area contributed by atoms with Gasteiger partial charge >= 0.3 is 0 Å². The highest BCUT2D eigenvalue weighted by Crippen LogP contribution is 2.19. The number of hydrogen-bond donors (Lipinski definition) is 3. The molecule has 0 radical (unpaired) electrons. The third kappa shape index (κ3) is 5.13. The zero-order valence-electron chi connectivity index (χ0n) is 14.5. The van der Waals surface area contributed by atoms with Crippen molar-refractivity contribution in [2.24, 2.45) is 0 Å². The van der Waals surface area contributed by atoms with E-state index >= 15 is 0 Å². The third-order valence-corrected chi connectivity index (χ3v) is 4.86. The van der Waals surface area contributed by atoms with Gasteiger partial charge < -0.3 is 15.4 Å². The van der Waals surface area contributed by atoms with E-state index in [1.165, 1.54) is 18.3 Å². The Kier molecular flexibility index (Phi) is 6.85. The maximum absolute atomic E-state index is 12.2. The van der Waals surface area contributed by atoms with Crippen LogP contribution in [-0.2, 0) is 14.8 Å². The highest BCUT2D eigenvalue weighted by Gasteiger charge is 2.13. The Morgan fingerprint density at radius 3 is 2.62 bits per heavy atom. The summed E-state index contributed by atoms with van der Waals surface area (Å²) < 4.78 is 31.8. The van der Waals surface area contributed by atoms with Crippen molar-refractivity contribution in [1.82, 2.24) is 14.7 Å². The van der Waals surface area contributed by atoms with Crippen molar-refractivity contribution in [2.45, 2.75) is 11.3 Å².